The number of carbonyl (C=O) groups excluding carboxylic acids is 1. The summed E-state index contributed by atoms with van der Waals surface area (Å²) in [6, 6.07) is 18.2. The van der Waals surface area contributed by atoms with Gasteiger partial charge in [-0.1, -0.05) is 36.4 Å². The van der Waals surface area contributed by atoms with E-state index in [4.69, 9.17) is 4.74 Å². The number of halogens is 1. The highest BCUT2D eigenvalue weighted by molar-refractivity contribution is 6.07. The average Bonchev–Trinajstić information content (AvgIpc) is 3.33. The van der Waals surface area contributed by atoms with E-state index in [1.54, 1.807) is 25.3 Å². The molecule has 3 aromatic carbocycles. The predicted molar refractivity (Wildman–Crippen MR) is 126 cm³/mol. The van der Waals surface area contributed by atoms with Crippen molar-refractivity contribution in [2.75, 3.05) is 20.2 Å². The van der Waals surface area contributed by atoms with Gasteiger partial charge in [0.2, 0.25) is 0 Å². The Labute approximate surface area is 192 Å². The molecule has 1 amide bonds. The lowest BCUT2D eigenvalue weighted by molar-refractivity contribution is 0.0712. The van der Waals surface area contributed by atoms with Crippen LogP contribution in [0.2, 0.25) is 0 Å². The van der Waals surface area contributed by atoms with Crippen LogP contribution in [0.25, 0.3) is 10.8 Å². The minimum Gasteiger partial charge on any atom is -0.497 e. The number of ether oxygens (including phenoxy) is 1. The molecule has 4 aromatic rings. The van der Waals surface area contributed by atoms with Gasteiger partial charge in [-0.25, -0.2) is 9.37 Å². The molecule has 1 fully saturated rings. The van der Waals surface area contributed by atoms with Crippen LogP contribution >= 0.6 is 0 Å². The molecule has 0 unspecified atom stereocenters. The Kier molecular flexibility index (Phi) is 5.82. The summed E-state index contributed by atoms with van der Waals surface area (Å²) >= 11 is 0. The molecule has 0 saturated carbocycles. The van der Waals surface area contributed by atoms with Crippen molar-refractivity contribution in [1.29, 1.82) is 0 Å². The van der Waals surface area contributed by atoms with Gasteiger partial charge in [0.25, 0.3) is 5.91 Å². The maximum Gasteiger partial charge on any atom is 0.254 e. The van der Waals surface area contributed by atoms with Crippen LogP contribution in [0, 0.1) is 5.82 Å². The van der Waals surface area contributed by atoms with E-state index in [-0.39, 0.29) is 11.7 Å². The number of piperidine rings is 1. The minimum absolute atomic E-state index is 0.0359. The molecule has 33 heavy (non-hydrogen) atoms. The maximum absolute atomic E-state index is 14.2. The summed E-state index contributed by atoms with van der Waals surface area (Å²) in [4.78, 5) is 19.8. The van der Waals surface area contributed by atoms with Crippen molar-refractivity contribution in [2.24, 2.45) is 0 Å². The van der Waals surface area contributed by atoms with E-state index in [1.165, 1.54) is 11.6 Å². The molecule has 0 radical (unpaired) electrons. The number of amides is 1. The summed E-state index contributed by atoms with van der Waals surface area (Å²) in [6.07, 6.45) is 5.57. The Balaban J connectivity index is 1.28. The highest BCUT2D eigenvalue weighted by atomic mass is 19.1. The van der Waals surface area contributed by atoms with Crippen LogP contribution in [0.1, 0.15) is 40.5 Å². The zero-order valence-corrected chi connectivity index (χ0v) is 18.6. The van der Waals surface area contributed by atoms with Crippen molar-refractivity contribution >= 4 is 16.7 Å². The standard InChI is InChI=1S/C27H26FN3O2/c1-33-21-8-6-19(7-9-21)18-31-17-14-29-26(31)20-12-15-30(16-13-20)27(32)24-10-11-25(28)23-5-3-2-4-22(23)24/h2-11,14,17,20H,12-13,15-16,18H2,1H3. The third-order valence-electron chi connectivity index (χ3n) is 6.51. The normalized spacial score (nSPS) is 14.5. The Morgan fingerprint density at radius 3 is 2.48 bits per heavy atom. The number of nitrogens with zero attached hydrogens (tertiary/aromatic N) is 3. The Morgan fingerprint density at radius 2 is 1.76 bits per heavy atom. The maximum atomic E-state index is 14.2. The molecule has 0 bridgehead atoms. The molecule has 168 valence electrons. The first-order valence-corrected chi connectivity index (χ1v) is 11.2. The molecular weight excluding hydrogens is 417 g/mol. The number of rotatable bonds is 5. The Hall–Kier alpha value is -3.67. The largest absolute Gasteiger partial charge is 0.497 e. The quantitative estimate of drug-likeness (QED) is 0.423. The van der Waals surface area contributed by atoms with E-state index in [2.05, 4.69) is 21.7 Å². The van der Waals surface area contributed by atoms with Crippen LogP contribution in [0.5, 0.6) is 5.75 Å². The van der Waals surface area contributed by atoms with Crippen LogP contribution in [0.3, 0.4) is 0 Å². The number of aromatic nitrogens is 2. The molecule has 1 aromatic heterocycles. The molecule has 1 saturated heterocycles. The fourth-order valence-electron chi connectivity index (χ4n) is 4.70. The van der Waals surface area contributed by atoms with Gasteiger partial charge in [-0.15, -0.1) is 0 Å². The van der Waals surface area contributed by atoms with E-state index >= 15 is 0 Å². The number of hydrogen-bond acceptors (Lipinski definition) is 3. The third-order valence-corrected chi connectivity index (χ3v) is 6.51. The number of carbonyl (C=O) groups is 1. The second-order valence-electron chi connectivity index (χ2n) is 8.47. The van der Waals surface area contributed by atoms with E-state index in [9.17, 15) is 9.18 Å². The molecule has 2 heterocycles. The van der Waals surface area contributed by atoms with Crippen molar-refractivity contribution in [1.82, 2.24) is 14.5 Å². The van der Waals surface area contributed by atoms with Gasteiger partial charge in [0.1, 0.15) is 17.4 Å². The minimum atomic E-state index is -0.301. The molecule has 1 aliphatic heterocycles. The topological polar surface area (TPSA) is 47.4 Å². The predicted octanol–water partition coefficient (Wildman–Crippen LogP) is 5.25. The highest BCUT2D eigenvalue weighted by Crippen LogP contribution is 2.30. The van der Waals surface area contributed by atoms with Gasteiger partial charge in [0.15, 0.2) is 0 Å². The zero-order chi connectivity index (χ0) is 22.8. The lowest BCUT2D eigenvalue weighted by atomic mass is 9.94. The van der Waals surface area contributed by atoms with Crippen LogP contribution in [0.4, 0.5) is 4.39 Å². The molecule has 5 nitrogen and oxygen atoms in total. The fraction of sp³-hybridized carbons (Fsp3) is 0.259. The molecule has 5 rings (SSSR count). The first-order valence-electron chi connectivity index (χ1n) is 11.2. The number of methoxy groups -OCH3 is 1. The van der Waals surface area contributed by atoms with Gasteiger partial charge in [-0.05, 0) is 48.1 Å². The summed E-state index contributed by atoms with van der Waals surface area (Å²) in [6.45, 7) is 2.06. The van der Waals surface area contributed by atoms with Gasteiger partial charge in [0.05, 0.1) is 7.11 Å². The second-order valence-corrected chi connectivity index (χ2v) is 8.47. The fourth-order valence-corrected chi connectivity index (χ4v) is 4.70. The van der Waals surface area contributed by atoms with Crippen molar-refractivity contribution in [3.63, 3.8) is 0 Å². The van der Waals surface area contributed by atoms with Crippen molar-refractivity contribution < 1.29 is 13.9 Å². The van der Waals surface area contributed by atoms with E-state index in [0.29, 0.717) is 35.3 Å². The van der Waals surface area contributed by atoms with Gasteiger partial charge >= 0.3 is 0 Å². The van der Waals surface area contributed by atoms with E-state index in [0.717, 1.165) is 31.0 Å². The summed E-state index contributed by atoms with van der Waals surface area (Å²) in [5.74, 6) is 1.86. The third kappa shape index (κ3) is 4.21. The van der Waals surface area contributed by atoms with E-state index in [1.807, 2.05) is 41.6 Å². The molecule has 0 N–H and O–H groups in total. The molecule has 0 spiro atoms. The molecule has 0 aliphatic carbocycles. The number of likely N-dealkylation sites (tertiary alicyclic amines) is 1. The zero-order valence-electron chi connectivity index (χ0n) is 18.6. The van der Waals surface area contributed by atoms with E-state index < -0.39 is 0 Å². The summed E-state index contributed by atoms with van der Waals surface area (Å²) in [7, 11) is 1.67. The van der Waals surface area contributed by atoms with Crippen LogP contribution < -0.4 is 4.74 Å². The number of benzene rings is 3. The van der Waals surface area contributed by atoms with Gasteiger partial charge in [-0.3, -0.25) is 4.79 Å². The first-order chi connectivity index (χ1) is 16.1. The van der Waals surface area contributed by atoms with Crippen LogP contribution in [0.15, 0.2) is 73.1 Å². The number of imidazole rings is 1. The molecule has 1 aliphatic rings. The first kappa shape index (κ1) is 21.2. The average molecular weight is 444 g/mol. The van der Waals surface area contributed by atoms with Gasteiger partial charge < -0.3 is 14.2 Å². The van der Waals surface area contributed by atoms with Gasteiger partial charge in [-0.2, -0.15) is 0 Å². The monoisotopic (exact) mass is 443 g/mol. The number of fused-ring (bicyclic) bond motifs is 1. The summed E-state index contributed by atoms with van der Waals surface area (Å²) in [5, 5.41) is 1.15. The summed E-state index contributed by atoms with van der Waals surface area (Å²) in [5.41, 5.74) is 1.75. The van der Waals surface area contributed by atoms with Gasteiger partial charge in [0, 0.05) is 48.9 Å². The smallest absolute Gasteiger partial charge is 0.254 e. The molecule has 6 heteroatoms. The van der Waals surface area contributed by atoms with Crippen LogP contribution in [-0.4, -0.2) is 40.6 Å². The molecule has 0 atom stereocenters. The second kappa shape index (κ2) is 9.06. The highest BCUT2D eigenvalue weighted by Gasteiger charge is 2.28. The Morgan fingerprint density at radius 1 is 1.03 bits per heavy atom. The Bertz CT molecular complexity index is 1270. The van der Waals surface area contributed by atoms with Crippen molar-refractivity contribution in [3.8, 4) is 5.75 Å². The van der Waals surface area contributed by atoms with Crippen LogP contribution in [-0.2, 0) is 6.54 Å². The van der Waals surface area contributed by atoms with Crippen molar-refractivity contribution in [3.05, 3.63) is 95.8 Å². The number of hydrogen-bond donors (Lipinski definition) is 0. The molecular formula is C27H26FN3O2. The lowest BCUT2D eigenvalue weighted by Crippen LogP contribution is -2.38. The lowest BCUT2D eigenvalue weighted by Gasteiger charge is -2.32. The summed E-state index contributed by atoms with van der Waals surface area (Å²) < 4.78 is 21.6. The SMILES string of the molecule is COc1ccc(Cn2ccnc2C2CCN(C(=O)c3ccc(F)c4ccccc34)CC2)cc1. The van der Waals surface area contributed by atoms with Crippen molar-refractivity contribution in [2.45, 2.75) is 25.3 Å².